The topological polar surface area (TPSA) is 102 Å². The Bertz CT molecular complexity index is 1210. The van der Waals surface area contributed by atoms with Gasteiger partial charge in [0.1, 0.15) is 4.90 Å². The molecule has 0 aromatic heterocycles. The molecule has 0 atom stereocenters. The van der Waals surface area contributed by atoms with Crippen LogP contribution in [0.2, 0.25) is 5.02 Å². The Hall–Kier alpha value is -3.20. The van der Waals surface area contributed by atoms with Crippen molar-refractivity contribution in [3.8, 4) is 0 Å². The summed E-state index contributed by atoms with van der Waals surface area (Å²) >= 11 is 6.10. The van der Waals surface area contributed by atoms with Crippen LogP contribution in [-0.4, -0.2) is 27.4 Å². The molecule has 0 heterocycles. The van der Waals surface area contributed by atoms with Gasteiger partial charge in [0.25, 0.3) is 5.91 Å². The van der Waals surface area contributed by atoms with Crippen LogP contribution in [0.4, 0.5) is 5.69 Å². The summed E-state index contributed by atoms with van der Waals surface area (Å²) in [5.41, 5.74) is 1.49. The van der Waals surface area contributed by atoms with Crippen molar-refractivity contribution in [2.75, 3.05) is 12.4 Å². The van der Waals surface area contributed by atoms with Crippen molar-refractivity contribution < 1.29 is 22.7 Å². The summed E-state index contributed by atoms with van der Waals surface area (Å²) in [4.78, 5) is 24.1. The third-order valence-corrected chi connectivity index (χ3v) is 6.22. The van der Waals surface area contributed by atoms with E-state index in [1.165, 1.54) is 31.4 Å². The van der Waals surface area contributed by atoms with Crippen molar-refractivity contribution in [1.29, 1.82) is 0 Å². The summed E-state index contributed by atoms with van der Waals surface area (Å²) in [6.45, 7) is 0.0796. The van der Waals surface area contributed by atoms with Crippen LogP contribution < -0.4 is 10.0 Å². The summed E-state index contributed by atoms with van der Waals surface area (Å²) < 4.78 is 32.6. The average Bonchev–Trinajstić information content (AvgIpc) is 2.78. The van der Waals surface area contributed by atoms with Gasteiger partial charge in [-0.25, -0.2) is 17.9 Å². The molecule has 0 spiro atoms. The minimum Gasteiger partial charge on any atom is -0.465 e. The van der Waals surface area contributed by atoms with Gasteiger partial charge in [-0.1, -0.05) is 48.0 Å². The molecule has 0 radical (unpaired) electrons. The highest BCUT2D eigenvalue weighted by Gasteiger charge is 2.20. The van der Waals surface area contributed by atoms with Crippen molar-refractivity contribution in [2.24, 2.45) is 0 Å². The zero-order chi connectivity index (χ0) is 22.4. The fourth-order valence-electron chi connectivity index (χ4n) is 2.75. The number of anilines is 1. The Kier molecular flexibility index (Phi) is 7.06. The number of sulfonamides is 1. The van der Waals surface area contributed by atoms with Crippen LogP contribution in [0.3, 0.4) is 0 Å². The maximum Gasteiger partial charge on any atom is 0.337 e. The highest BCUT2D eigenvalue weighted by Crippen LogP contribution is 2.24. The number of hydrogen-bond acceptors (Lipinski definition) is 5. The molecular formula is C22H19ClN2O5S. The number of amides is 1. The summed E-state index contributed by atoms with van der Waals surface area (Å²) in [6.07, 6.45) is 0. The number of ether oxygens (including phenoxy) is 1. The molecule has 0 unspecified atom stereocenters. The van der Waals surface area contributed by atoms with Gasteiger partial charge in [-0.15, -0.1) is 0 Å². The van der Waals surface area contributed by atoms with Crippen molar-refractivity contribution in [3.05, 3.63) is 94.5 Å². The Morgan fingerprint density at radius 1 is 0.935 bits per heavy atom. The zero-order valence-electron chi connectivity index (χ0n) is 16.5. The maximum atomic E-state index is 12.7. The third-order valence-electron chi connectivity index (χ3n) is 4.33. The molecular weight excluding hydrogens is 440 g/mol. The molecule has 0 aliphatic heterocycles. The quantitative estimate of drug-likeness (QED) is 0.523. The first-order valence-corrected chi connectivity index (χ1v) is 11.0. The predicted octanol–water partition coefficient (Wildman–Crippen LogP) is 3.86. The molecule has 0 aliphatic rings. The van der Waals surface area contributed by atoms with Crippen LogP contribution in [0.1, 0.15) is 26.3 Å². The van der Waals surface area contributed by atoms with Gasteiger partial charge < -0.3 is 10.1 Å². The van der Waals surface area contributed by atoms with Crippen LogP contribution in [0.15, 0.2) is 77.7 Å². The van der Waals surface area contributed by atoms with Gasteiger partial charge in [-0.2, -0.15) is 0 Å². The van der Waals surface area contributed by atoms with Crippen LogP contribution >= 0.6 is 11.6 Å². The second-order valence-electron chi connectivity index (χ2n) is 6.48. The standard InChI is InChI=1S/C22H19ClN2O5S/c1-30-22(27)17-8-5-9-18(12-17)25-21(26)16-10-11-19(23)20(13-16)31(28,29)24-14-15-6-3-2-4-7-15/h2-13,24H,14H2,1H3,(H,25,26). The monoisotopic (exact) mass is 458 g/mol. The lowest BCUT2D eigenvalue weighted by Crippen LogP contribution is -2.24. The predicted molar refractivity (Wildman–Crippen MR) is 118 cm³/mol. The molecule has 0 fully saturated rings. The van der Waals surface area contributed by atoms with Crippen LogP contribution in [0.25, 0.3) is 0 Å². The molecule has 3 aromatic rings. The first-order chi connectivity index (χ1) is 14.8. The van der Waals surface area contributed by atoms with E-state index < -0.39 is 21.9 Å². The normalized spacial score (nSPS) is 11.0. The lowest BCUT2D eigenvalue weighted by atomic mass is 10.1. The molecule has 0 saturated carbocycles. The fourth-order valence-corrected chi connectivity index (χ4v) is 4.29. The molecule has 3 aromatic carbocycles. The van der Waals surface area contributed by atoms with Crippen molar-refractivity contribution in [2.45, 2.75) is 11.4 Å². The molecule has 2 N–H and O–H groups in total. The van der Waals surface area contributed by atoms with Crippen LogP contribution in [-0.2, 0) is 21.3 Å². The van der Waals surface area contributed by atoms with Crippen molar-refractivity contribution in [1.82, 2.24) is 4.72 Å². The van der Waals surface area contributed by atoms with E-state index in [1.807, 2.05) is 6.07 Å². The minimum atomic E-state index is -3.96. The summed E-state index contributed by atoms with van der Waals surface area (Å²) in [6, 6.07) is 19.2. The van der Waals surface area contributed by atoms with E-state index in [1.54, 1.807) is 42.5 Å². The first-order valence-electron chi connectivity index (χ1n) is 9.13. The summed E-state index contributed by atoms with van der Waals surface area (Å²) in [5, 5.41) is 2.62. The van der Waals surface area contributed by atoms with Crippen LogP contribution in [0, 0.1) is 0 Å². The fraction of sp³-hybridized carbons (Fsp3) is 0.0909. The highest BCUT2D eigenvalue weighted by molar-refractivity contribution is 7.89. The molecule has 31 heavy (non-hydrogen) atoms. The van der Waals surface area contributed by atoms with E-state index in [4.69, 9.17) is 11.6 Å². The van der Waals surface area contributed by atoms with E-state index in [-0.39, 0.29) is 27.6 Å². The Morgan fingerprint density at radius 2 is 1.68 bits per heavy atom. The smallest absolute Gasteiger partial charge is 0.337 e. The Labute approximate surface area is 185 Å². The summed E-state index contributed by atoms with van der Waals surface area (Å²) in [5.74, 6) is -1.10. The zero-order valence-corrected chi connectivity index (χ0v) is 18.0. The summed E-state index contributed by atoms with van der Waals surface area (Å²) in [7, 11) is -2.70. The van der Waals surface area contributed by atoms with Gasteiger partial charge in [0.05, 0.1) is 17.7 Å². The number of halogens is 1. The molecule has 160 valence electrons. The van der Waals surface area contributed by atoms with E-state index in [2.05, 4.69) is 14.8 Å². The van der Waals surface area contributed by atoms with E-state index in [0.717, 1.165) is 5.56 Å². The van der Waals surface area contributed by atoms with E-state index in [9.17, 15) is 18.0 Å². The lowest BCUT2D eigenvalue weighted by Gasteiger charge is -2.11. The second kappa shape index (κ2) is 9.74. The third kappa shape index (κ3) is 5.69. The molecule has 0 aliphatic carbocycles. The average molecular weight is 459 g/mol. The maximum absolute atomic E-state index is 12.7. The number of nitrogens with one attached hydrogen (secondary N) is 2. The van der Waals surface area contributed by atoms with Crippen molar-refractivity contribution >= 4 is 39.2 Å². The number of benzene rings is 3. The largest absolute Gasteiger partial charge is 0.465 e. The number of rotatable bonds is 7. The van der Waals surface area contributed by atoms with Gasteiger partial charge in [0.2, 0.25) is 10.0 Å². The Balaban J connectivity index is 1.80. The number of carbonyl (C=O) groups excluding carboxylic acids is 2. The molecule has 0 saturated heterocycles. The second-order valence-corrected chi connectivity index (χ2v) is 8.62. The first kappa shape index (κ1) is 22.5. The van der Waals surface area contributed by atoms with E-state index >= 15 is 0 Å². The Morgan fingerprint density at radius 3 is 2.39 bits per heavy atom. The number of hydrogen-bond donors (Lipinski definition) is 2. The lowest BCUT2D eigenvalue weighted by molar-refractivity contribution is 0.0600. The van der Waals surface area contributed by atoms with Crippen molar-refractivity contribution in [3.63, 3.8) is 0 Å². The minimum absolute atomic E-state index is 0.00944. The van der Waals surface area contributed by atoms with Gasteiger partial charge in [0.15, 0.2) is 0 Å². The highest BCUT2D eigenvalue weighted by atomic mass is 35.5. The van der Waals surface area contributed by atoms with Gasteiger partial charge in [-0.3, -0.25) is 4.79 Å². The number of methoxy groups -OCH3 is 1. The number of esters is 1. The molecule has 1 amide bonds. The van der Waals surface area contributed by atoms with Crippen LogP contribution in [0.5, 0.6) is 0 Å². The van der Waals surface area contributed by atoms with Gasteiger partial charge in [-0.05, 0) is 42.0 Å². The van der Waals surface area contributed by atoms with Gasteiger partial charge in [0, 0.05) is 17.8 Å². The number of carbonyl (C=O) groups is 2. The molecule has 9 heteroatoms. The molecule has 7 nitrogen and oxygen atoms in total. The molecule has 0 bridgehead atoms. The van der Waals surface area contributed by atoms with E-state index in [0.29, 0.717) is 5.69 Å². The molecule has 3 rings (SSSR count). The van der Waals surface area contributed by atoms with Gasteiger partial charge >= 0.3 is 5.97 Å². The SMILES string of the molecule is COC(=O)c1cccc(NC(=O)c2ccc(Cl)c(S(=O)(=O)NCc3ccccc3)c2)c1.